The number of aliphatic imine (C=N–C) groups is 1. The van der Waals surface area contributed by atoms with Crippen LogP contribution in [-0.2, 0) is 13.2 Å². The van der Waals surface area contributed by atoms with Crippen LogP contribution in [0.15, 0.2) is 53.7 Å². The minimum absolute atomic E-state index is 0.507. The molecular formula is C18H22N4O. The van der Waals surface area contributed by atoms with Gasteiger partial charge in [-0.2, -0.15) is 0 Å². The molecule has 0 atom stereocenters. The fraction of sp³-hybridized carbons (Fsp3) is 0.333. The maximum atomic E-state index is 6.01. The number of aromatic nitrogens is 1. The highest BCUT2D eigenvalue weighted by Gasteiger charge is 2.27. The second-order valence-electron chi connectivity index (χ2n) is 5.79. The molecule has 0 aliphatic heterocycles. The summed E-state index contributed by atoms with van der Waals surface area (Å²) in [7, 11) is 2.00. The Bertz CT molecular complexity index is 668. The minimum Gasteiger partial charge on any atom is -0.473 e. The van der Waals surface area contributed by atoms with Crippen molar-refractivity contribution in [2.24, 2.45) is 10.7 Å². The smallest absolute Gasteiger partial charge is 0.213 e. The third kappa shape index (κ3) is 4.45. The van der Waals surface area contributed by atoms with E-state index >= 15 is 0 Å². The van der Waals surface area contributed by atoms with E-state index in [1.165, 1.54) is 12.8 Å². The second-order valence-corrected chi connectivity index (χ2v) is 5.79. The Morgan fingerprint density at radius 1 is 1.26 bits per heavy atom. The quantitative estimate of drug-likeness (QED) is 0.658. The summed E-state index contributed by atoms with van der Waals surface area (Å²) < 4.78 is 5.73. The van der Waals surface area contributed by atoms with Gasteiger partial charge in [-0.25, -0.2) is 9.98 Å². The topological polar surface area (TPSA) is 63.7 Å². The zero-order valence-corrected chi connectivity index (χ0v) is 13.4. The van der Waals surface area contributed by atoms with E-state index in [1.807, 2.05) is 54.4 Å². The Morgan fingerprint density at radius 2 is 2.04 bits per heavy atom. The Labute approximate surface area is 136 Å². The molecule has 1 heterocycles. The van der Waals surface area contributed by atoms with Crippen molar-refractivity contribution in [1.29, 1.82) is 0 Å². The molecule has 2 aromatic rings. The number of nitrogens with zero attached hydrogens (tertiary/aromatic N) is 3. The van der Waals surface area contributed by atoms with Crippen LogP contribution in [0.1, 0.15) is 24.0 Å². The first-order valence-corrected chi connectivity index (χ1v) is 7.87. The highest BCUT2D eigenvalue weighted by Crippen LogP contribution is 2.25. The average molecular weight is 310 g/mol. The van der Waals surface area contributed by atoms with Crippen molar-refractivity contribution in [2.75, 3.05) is 7.05 Å². The molecule has 3 rings (SSSR count). The number of ether oxygens (including phenoxy) is 1. The van der Waals surface area contributed by atoms with E-state index < -0.39 is 0 Å². The van der Waals surface area contributed by atoms with Gasteiger partial charge in [0.05, 0.1) is 6.54 Å². The van der Waals surface area contributed by atoms with Crippen molar-refractivity contribution in [3.05, 3.63) is 59.8 Å². The van der Waals surface area contributed by atoms with E-state index in [4.69, 9.17) is 10.5 Å². The molecule has 0 saturated heterocycles. The van der Waals surface area contributed by atoms with Crippen molar-refractivity contribution in [3.8, 4) is 5.88 Å². The summed E-state index contributed by atoms with van der Waals surface area (Å²) in [5.74, 6) is 1.20. The van der Waals surface area contributed by atoms with Crippen LogP contribution in [0, 0.1) is 0 Å². The fourth-order valence-electron chi connectivity index (χ4n) is 2.29. The molecule has 0 amide bonds. The lowest BCUT2D eigenvalue weighted by Gasteiger charge is -2.16. The molecule has 5 heteroatoms. The molecule has 2 N–H and O–H groups in total. The van der Waals surface area contributed by atoms with Crippen LogP contribution in [0.2, 0.25) is 0 Å². The molecule has 1 aromatic heterocycles. The fourth-order valence-corrected chi connectivity index (χ4v) is 2.29. The molecule has 1 saturated carbocycles. The van der Waals surface area contributed by atoms with E-state index in [2.05, 4.69) is 9.98 Å². The molecule has 120 valence electrons. The van der Waals surface area contributed by atoms with Gasteiger partial charge in [0, 0.05) is 25.4 Å². The Kier molecular flexibility index (Phi) is 4.76. The maximum absolute atomic E-state index is 6.01. The van der Waals surface area contributed by atoms with Gasteiger partial charge in [-0.1, -0.05) is 30.3 Å². The lowest BCUT2D eigenvalue weighted by Crippen LogP contribution is -2.35. The van der Waals surface area contributed by atoms with Crippen molar-refractivity contribution in [3.63, 3.8) is 0 Å². The zero-order chi connectivity index (χ0) is 16.1. The van der Waals surface area contributed by atoms with Crippen LogP contribution < -0.4 is 10.5 Å². The standard InChI is InChI=1S/C18H22N4O/c1-22(16-7-8-16)18(19)21-12-15-9-10-20-17(11-15)23-13-14-5-3-2-4-6-14/h2-6,9-11,16H,7-8,12-13H2,1H3,(H2,19,21). The van der Waals surface area contributed by atoms with Gasteiger partial charge < -0.3 is 15.4 Å². The van der Waals surface area contributed by atoms with Gasteiger partial charge in [-0.05, 0) is 30.0 Å². The zero-order valence-electron chi connectivity index (χ0n) is 13.4. The summed E-state index contributed by atoms with van der Waals surface area (Å²) in [5, 5.41) is 0. The van der Waals surface area contributed by atoms with Crippen LogP contribution in [0.5, 0.6) is 5.88 Å². The molecule has 1 aliphatic rings. The number of pyridine rings is 1. The van der Waals surface area contributed by atoms with Crippen molar-refractivity contribution < 1.29 is 4.74 Å². The molecule has 1 aromatic carbocycles. The molecule has 23 heavy (non-hydrogen) atoms. The molecule has 5 nitrogen and oxygen atoms in total. The summed E-state index contributed by atoms with van der Waals surface area (Å²) >= 11 is 0. The first-order chi connectivity index (χ1) is 11.2. The van der Waals surface area contributed by atoms with Gasteiger partial charge in [0.1, 0.15) is 6.61 Å². The number of hydrogen-bond donors (Lipinski definition) is 1. The second kappa shape index (κ2) is 7.13. The summed E-state index contributed by atoms with van der Waals surface area (Å²) in [4.78, 5) is 10.7. The Hall–Kier alpha value is -2.56. The number of benzene rings is 1. The number of rotatable bonds is 6. The van der Waals surface area contributed by atoms with Crippen LogP contribution in [0.4, 0.5) is 0 Å². The van der Waals surface area contributed by atoms with Gasteiger partial charge in [-0.15, -0.1) is 0 Å². The molecular weight excluding hydrogens is 288 g/mol. The van der Waals surface area contributed by atoms with E-state index in [-0.39, 0.29) is 0 Å². The minimum atomic E-state index is 0.507. The third-order valence-electron chi connectivity index (χ3n) is 3.91. The number of hydrogen-bond acceptors (Lipinski definition) is 3. The van der Waals surface area contributed by atoms with E-state index in [1.54, 1.807) is 6.20 Å². The van der Waals surface area contributed by atoms with E-state index in [0.717, 1.165) is 11.1 Å². The summed E-state index contributed by atoms with van der Waals surface area (Å²) in [6.45, 7) is 1.04. The first kappa shape index (κ1) is 15.3. The Balaban J connectivity index is 1.57. The SMILES string of the molecule is CN(C(N)=NCc1ccnc(OCc2ccccc2)c1)C1CC1. The lowest BCUT2D eigenvalue weighted by atomic mass is 10.2. The summed E-state index contributed by atoms with van der Waals surface area (Å²) in [6.07, 6.45) is 4.16. The third-order valence-corrected chi connectivity index (χ3v) is 3.91. The average Bonchev–Trinajstić information content (AvgIpc) is 3.43. The van der Waals surface area contributed by atoms with Crippen molar-refractivity contribution in [1.82, 2.24) is 9.88 Å². The van der Waals surface area contributed by atoms with Crippen LogP contribution in [0.3, 0.4) is 0 Å². The number of nitrogens with two attached hydrogens (primary N) is 1. The van der Waals surface area contributed by atoms with Gasteiger partial charge in [0.15, 0.2) is 5.96 Å². The van der Waals surface area contributed by atoms with Gasteiger partial charge in [0.2, 0.25) is 5.88 Å². The molecule has 0 radical (unpaired) electrons. The summed E-state index contributed by atoms with van der Waals surface area (Å²) in [6, 6.07) is 14.5. The van der Waals surface area contributed by atoms with Crippen molar-refractivity contribution >= 4 is 5.96 Å². The molecule has 1 aliphatic carbocycles. The highest BCUT2D eigenvalue weighted by atomic mass is 16.5. The normalized spacial score (nSPS) is 14.6. The van der Waals surface area contributed by atoms with Crippen LogP contribution >= 0.6 is 0 Å². The monoisotopic (exact) mass is 310 g/mol. The maximum Gasteiger partial charge on any atom is 0.213 e. The number of guanidine groups is 1. The largest absolute Gasteiger partial charge is 0.473 e. The van der Waals surface area contributed by atoms with Crippen LogP contribution in [-0.4, -0.2) is 28.9 Å². The predicted molar refractivity (Wildman–Crippen MR) is 91.1 cm³/mol. The Morgan fingerprint density at radius 3 is 2.78 bits per heavy atom. The predicted octanol–water partition coefficient (Wildman–Crippen LogP) is 2.57. The molecule has 0 unspecified atom stereocenters. The lowest BCUT2D eigenvalue weighted by molar-refractivity contribution is 0.293. The van der Waals surface area contributed by atoms with Crippen LogP contribution in [0.25, 0.3) is 0 Å². The van der Waals surface area contributed by atoms with E-state index in [9.17, 15) is 0 Å². The first-order valence-electron chi connectivity index (χ1n) is 7.87. The highest BCUT2D eigenvalue weighted by molar-refractivity contribution is 5.78. The molecule has 1 fully saturated rings. The molecule has 0 bridgehead atoms. The molecule has 0 spiro atoms. The van der Waals surface area contributed by atoms with Gasteiger partial charge >= 0.3 is 0 Å². The van der Waals surface area contributed by atoms with E-state index in [0.29, 0.717) is 31.0 Å². The van der Waals surface area contributed by atoms with Crippen molar-refractivity contribution in [2.45, 2.75) is 32.0 Å². The van der Waals surface area contributed by atoms with Gasteiger partial charge in [0.25, 0.3) is 0 Å². The summed E-state index contributed by atoms with van der Waals surface area (Å²) in [5.41, 5.74) is 8.16. The van der Waals surface area contributed by atoms with Gasteiger partial charge in [-0.3, -0.25) is 0 Å².